The highest BCUT2D eigenvalue weighted by atomic mass is 127. The van der Waals surface area contributed by atoms with Crippen LogP contribution in [-0.2, 0) is 13.0 Å². The van der Waals surface area contributed by atoms with Crippen LogP contribution in [0.15, 0.2) is 16.4 Å². The molecule has 0 aromatic carbocycles. The van der Waals surface area contributed by atoms with E-state index in [1.165, 1.54) is 12.0 Å². The first-order chi connectivity index (χ1) is 12.3. The zero-order chi connectivity index (χ0) is 17.9. The van der Waals surface area contributed by atoms with Gasteiger partial charge >= 0.3 is 0 Å². The van der Waals surface area contributed by atoms with Crippen LogP contribution in [0.1, 0.15) is 43.6 Å². The number of hydrogen-bond donors (Lipinski definition) is 3. The Morgan fingerprint density at radius 1 is 1.35 bits per heavy atom. The number of guanidine groups is 1. The molecule has 5 nitrogen and oxygen atoms in total. The average Bonchev–Trinajstić information content (AvgIpc) is 3.07. The number of thiophene rings is 1. The lowest BCUT2D eigenvalue weighted by atomic mass is 10.0. The SMILES string of the molecule is CCCC(CCO)CN=C(NCC)NCCN1CCc2sccc2C1.I. The molecule has 0 saturated heterocycles. The number of fused-ring (bicyclic) bond motifs is 1. The predicted octanol–water partition coefficient (Wildman–Crippen LogP) is 3.08. The van der Waals surface area contributed by atoms with Crippen molar-refractivity contribution in [2.75, 3.05) is 39.3 Å². The molecule has 2 heterocycles. The Morgan fingerprint density at radius 3 is 2.92 bits per heavy atom. The van der Waals surface area contributed by atoms with Crippen molar-refractivity contribution in [3.8, 4) is 0 Å². The van der Waals surface area contributed by atoms with Gasteiger partial charge in [0.2, 0.25) is 0 Å². The highest BCUT2D eigenvalue weighted by molar-refractivity contribution is 14.0. The van der Waals surface area contributed by atoms with E-state index in [4.69, 9.17) is 4.99 Å². The van der Waals surface area contributed by atoms with Crippen LogP contribution < -0.4 is 10.6 Å². The molecule has 26 heavy (non-hydrogen) atoms. The van der Waals surface area contributed by atoms with Gasteiger partial charge in [-0.15, -0.1) is 35.3 Å². The topological polar surface area (TPSA) is 59.9 Å². The molecule has 0 bridgehead atoms. The van der Waals surface area contributed by atoms with Gasteiger partial charge in [-0.05, 0) is 49.1 Å². The second kappa shape index (κ2) is 13.7. The number of aliphatic hydroxyl groups excluding tert-OH is 1. The van der Waals surface area contributed by atoms with Crippen LogP contribution in [0.4, 0.5) is 0 Å². The minimum atomic E-state index is 0. The molecule has 3 N–H and O–H groups in total. The van der Waals surface area contributed by atoms with Gasteiger partial charge in [-0.2, -0.15) is 0 Å². The number of hydrogen-bond acceptors (Lipinski definition) is 4. The molecule has 0 spiro atoms. The molecule has 1 aliphatic heterocycles. The van der Waals surface area contributed by atoms with Gasteiger partial charge in [-0.25, -0.2) is 0 Å². The third-order valence-corrected chi connectivity index (χ3v) is 5.72. The number of nitrogens with one attached hydrogen (secondary N) is 2. The first kappa shape index (κ1) is 23.7. The molecule has 150 valence electrons. The normalized spacial score (nSPS) is 15.9. The Labute approximate surface area is 179 Å². The summed E-state index contributed by atoms with van der Waals surface area (Å²) in [5.41, 5.74) is 1.50. The molecule has 1 atom stereocenters. The summed E-state index contributed by atoms with van der Waals surface area (Å²) in [6, 6.07) is 2.26. The van der Waals surface area contributed by atoms with E-state index in [9.17, 15) is 5.11 Å². The van der Waals surface area contributed by atoms with Crippen molar-refractivity contribution >= 4 is 41.3 Å². The van der Waals surface area contributed by atoms with Crippen molar-refractivity contribution in [3.05, 3.63) is 21.9 Å². The van der Waals surface area contributed by atoms with Gasteiger partial charge in [0.05, 0.1) is 0 Å². The minimum Gasteiger partial charge on any atom is -0.396 e. The maximum absolute atomic E-state index is 9.19. The Hall–Kier alpha value is -0.380. The summed E-state index contributed by atoms with van der Waals surface area (Å²) in [5, 5.41) is 18.2. The highest BCUT2D eigenvalue weighted by Crippen LogP contribution is 2.23. The number of aliphatic imine (C=N–C) groups is 1. The summed E-state index contributed by atoms with van der Waals surface area (Å²) in [5.74, 6) is 1.37. The van der Waals surface area contributed by atoms with Crippen LogP contribution >= 0.6 is 35.3 Å². The van der Waals surface area contributed by atoms with Crippen molar-refractivity contribution in [1.82, 2.24) is 15.5 Å². The molecule has 0 saturated carbocycles. The molecule has 0 fully saturated rings. The molecule has 0 aliphatic carbocycles. The number of nitrogens with zero attached hydrogens (tertiary/aromatic N) is 2. The van der Waals surface area contributed by atoms with Crippen molar-refractivity contribution in [2.45, 2.75) is 46.1 Å². The van der Waals surface area contributed by atoms with Gasteiger partial charge < -0.3 is 15.7 Å². The maximum atomic E-state index is 9.19. The van der Waals surface area contributed by atoms with Crippen LogP contribution in [0.5, 0.6) is 0 Å². The van der Waals surface area contributed by atoms with E-state index in [1.54, 1.807) is 4.88 Å². The van der Waals surface area contributed by atoms with E-state index in [1.807, 2.05) is 11.3 Å². The van der Waals surface area contributed by atoms with Gasteiger partial charge in [-0.1, -0.05) is 13.3 Å². The third-order valence-electron chi connectivity index (χ3n) is 4.69. The molecular formula is C19H35IN4OS. The van der Waals surface area contributed by atoms with E-state index >= 15 is 0 Å². The Morgan fingerprint density at radius 2 is 2.19 bits per heavy atom. The fourth-order valence-electron chi connectivity index (χ4n) is 3.31. The zero-order valence-corrected chi connectivity index (χ0v) is 19.3. The van der Waals surface area contributed by atoms with Gasteiger partial charge in [0.15, 0.2) is 5.96 Å². The lowest BCUT2D eigenvalue weighted by Crippen LogP contribution is -2.42. The molecule has 7 heteroatoms. The fraction of sp³-hybridized carbons (Fsp3) is 0.737. The van der Waals surface area contributed by atoms with E-state index in [0.29, 0.717) is 5.92 Å². The number of halogens is 1. The van der Waals surface area contributed by atoms with E-state index in [2.05, 4.69) is 40.8 Å². The van der Waals surface area contributed by atoms with Gasteiger partial charge in [-0.3, -0.25) is 9.89 Å². The van der Waals surface area contributed by atoms with Crippen molar-refractivity contribution < 1.29 is 5.11 Å². The minimum absolute atomic E-state index is 0. The monoisotopic (exact) mass is 494 g/mol. The zero-order valence-electron chi connectivity index (χ0n) is 16.2. The van der Waals surface area contributed by atoms with Crippen molar-refractivity contribution in [3.63, 3.8) is 0 Å². The third kappa shape index (κ3) is 8.10. The molecular weight excluding hydrogens is 459 g/mol. The number of aliphatic hydroxyl groups is 1. The molecule has 2 rings (SSSR count). The highest BCUT2D eigenvalue weighted by Gasteiger charge is 2.16. The van der Waals surface area contributed by atoms with Crippen LogP contribution in [-0.4, -0.2) is 55.3 Å². The number of rotatable bonds is 10. The van der Waals surface area contributed by atoms with Crippen LogP contribution in [0.3, 0.4) is 0 Å². The Balaban J connectivity index is 0.00000338. The molecule has 1 unspecified atom stereocenters. The smallest absolute Gasteiger partial charge is 0.191 e. The van der Waals surface area contributed by atoms with Gasteiger partial charge in [0.25, 0.3) is 0 Å². The quantitative estimate of drug-likeness (QED) is 0.266. The van der Waals surface area contributed by atoms with Gasteiger partial charge in [0.1, 0.15) is 0 Å². The molecule has 1 aromatic heterocycles. The summed E-state index contributed by atoms with van der Waals surface area (Å²) in [6.07, 6.45) is 4.29. The summed E-state index contributed by atoms with van der Waals surface area (Å²) >= 11 is 1.89. The van der Waals surface area contributed by atoms with E-state index in [-0.39, 0.29) is 30.6 Å². The first-order valence-corrected chi connectivity index (χ1v) is 10.5. The lowest BCUT2D eigenvalue weighted by Gasteiger charge is -2.27. The predicted molar refractivity (Wildman–Crippen MR) is 123 cm³/mol. The van der Waals surface area contributed by atoms with Gasteiger partial charge in [0, 0.05) is 50.8 Å². The molecule has 1 aromatic rings. The van der Waals surface area contributed by atoms with E-state index < -0.39 is 0 Å². The standard InChI is InChI=1S/C19H34N4OS.HI/c1-3-5-16(7-12-24)14-22-19(20-4-2)21-9-11-23-10-6-18-17(15-23)8-13-25-18;/h8,13,16,24H,3-7,9-12,14-15H2,1-2H3,(H2,20,21,22);1H. The average molecular weight is 494 g/mol. The van der Waals surface area contributed by atoms with Crippen molar-refractivity contribution in [1.29, 1.82) is 0 Å². The summed E-state index contributed by atoms with van der Waals surface area (Å²) < 4.78 is 0. The van der Waals surface area contributed by atoms with Crippen LogP contribution in [0, 0.1) is 5.92 Å². The second-order valence-corrected chi connectivity index (χ2v) is 7.71. The fourth-order valence-corrected chi connectivity index (χ4v) is 4.20. The summed E-state index contributed by atoms with van der Waals surface area (Å²) in [7, 11) is 0. The first-order valence-electron chi connectivity index (χ1n) is 9.67. The van der Waals surface area contributed by atoms with Crippen LogP contribution in [0.2, 0.25) is 0 Å². The lowest BCUT2D eigenvalue weighted by molar-refractivity contribution is 0.253. The second-order valence-electron chi connectivity index (χ2n) is 6.71. The maximum Gasteiger partial charge on any atom is 0.191 e. The molecule has 0 radical (unpaired) electrons. The molecule has 0 amide bonds. The Bertz CT molecular complexity index is 517. The van der Waals surface area contributed by atoms with Crippen molar-refractivity contribution in [2.24, 2.45) is 10.9 Å². The molecule has 1 aliphatic rings. The Kier molecular flexibility index (Phi) is 12.5. The summed E-state index contributed by atoms with van der Waals surface area (Å²) in [6.45, 7) is 10.4. The van der Waals surface area contributed by atoms with E-state index in [0.717, 1.165) is 64.5 Å². The largest absolute Gasteiger partial charge is 0.396 e. The van der Waals surface area contributed by atoms with Crippen LogP contribution in [0.25, 0.3) is 0 Å². The summed E-state index contributed by atoms with van der Waals surface area (Å²) in [4.78, 5) is 8.80.